The molecule has 1 aromatic heterocycles. The summed E-state index contributed by atoms with van der Waals surface area (Å²) in [5.74, 6) is -3.48. The molecule has 3 amide bonds. The highest BCUT2D eigenvalue weighted by molar-refractivity contribution is 5.94. The number of hydrogen-bond donors (Lipinski definition) is 10. The maximum atomic E-state index is 13.7. The molecule has 0 saturated heterocycles. The summed E-state index contributed by atoms with van der Waals surface area (Å²) in [6.45, 7) is 0.349. The Kier molecular flexibility index (Phi) is 14.2. The second kappa shape index (κ2) is 18.5. The lowest BCUT2D eigenvalue weighted by Gasteiger charge is -2.25. The van der Waals surface area contributed by atoms with Gasteiger partial charge in [0, 0.05) is 36.6 Å². The van der Waals surface area contributed by atoms with Gasteiger partial charge in [0.1, 0.15) is 18.1 Å². The van der Waals surface area contributed by atoms with Crippen molar-refractivity contribution in [2.24, 2.45) is 38.7 Å². The van der Waals surface area contributed by atoms with Crippen LogP contribution in [-0.4, -0.2) is 83.0 Å². The number of rotatable bonds is 19. The van der Waals surface area contributed by atoms with E-state index < -0.39 is 47.9 Å². The molecule has 0 aliphatic carbocycles. The van der Waals surface area contributed by atoms with Crippen LogP contribution in [0.4, 0.5) is 0 Å². The van der Waals surface area contributed by atoms with Crippen molar-refractivity contribution in [3.8, 4) is 0 Å². The Labute approximate surface area is 278 Å². The molecule has 15 N–H and O–H groups in total. The summed E-state index contributed by atoms with van der Waals surface area (Å²) < 4.78 is 0. The van der Waals surface area contributed by atoms with E-state index in [-0.39, 0.29) is 57.1 Å². The highest BCUT2D eigenvalue weighted by Crippen LogP contribution is 2.19. The second-order valence-corrected chi connectivity index (χ2v) is 11.3. The summed E-state index contributed by atoms with van der Waals surface area (Å²) >= 11 is 0. The zero-order valence-electron chi connectivity index (χ0n) is 26.6. The van der Waals surface area contributed by atoms with Gasteiger partial charge in [-0.05, 0) is 49.3 Å². The molecule has 0 bridgehead atoms. The molecular formula is C32H45N11O5. The van der Waals surface area contributed by atoms with Crippen LogP contribution in [0.2, 0.25) is 0 Å². The number of amides is 3. The zero-order chi connectivity index (χ0) is 35.1. The van der Waals surface area contributed by atoms with Crippen LogP contribution in [0, 0.1) is 0 Å². The summed E-state index contributed by atoms with van der Waals surface area (Å²) in [4.78, 5) is 63.4. The van der Waals surface area contributed by atoms with Crippen LogP contribution in [0.1, 0.15) is 36.8 Å². The van der Waals surface area contributed by atoms with Crippen LogP contribution in [0.3, 0.4) is 0 Å². The highest BCUT2D eigenvalue weighted by atomic mass is 16.4. The molecule has 16 nitrogen and oxygen atoms in total. The number of nitrogens with zero attached hydrogens (tertiary/aromatic N) is 2. The Morgan fingerprint density at radius 3 is 1.79 bits per heavy atom. The first-order chi connectivity index (χ1) is 22.9. The predicted octanol–water partition coefficient (Wildman–Crippen LogP) is -1.07. The molecule has 3 rings (SSSR count). The van der Waals surface area contributed by atoms with Crippen LogP contribution in [0.25, 0.3) is 10.9 Å². The standard InChI is InChI=1S/C32H45N11O5/c33-22(17-20-18-40-23-11-5-4-10-21(20)23)27(44)41-24(12-6-14-38-31(34)35)28(45)42-25(13-7-15-39-32(36)37)29(46)43-26(30(47)48)16-19-8-2-1-3-9-19/h1-5,8-11,18,22,24-26,40H,6-7,12-17,33H2,(H,41,44)(H,42,45)(H,43,46)(H,47,48)(H4,34,35,38)(H4,36,37,39). The SMILES string of the molecule is NC(N)=NCCCC(NC(=O)C(N)Cc1c[nH]c2ccccc12)C(=O)NC(CCCN=C(N)N)C(=O)NC(Cc1ccccc1)C(=O)O. The first kappa shape index (κ1) is 36.8. The topological polar surface area (TPSA) is 295 Å². The molecule has 1 heterocycles. The number of carboxylic acids is 1. The third kappa shape index (κ3) is 11.9. The quantitative estimate of drug-likeness (QED) is 0.0420. The largest absolute Gasteiger partial charge is 0.480 e. The fraction of sp³-hybridized carbons (Fsp3) is 0.375. The predicted molar refractivity (Wildman–Crippen MR) is 183 cm³/mol. The number of benzene rings is 2. The smallest absolute Gasteiger partial charge is 0.326 e. The van der Waals surface area contributed by atoms with E-state index in [4.69, 9.17) is 28.7 Å². The normalized spacial score (nSPS) is 13.4. The van der Waals surface area contributed by atoms with E-state index in [0.29, 0.717) is 12.0 Å². The van der Waals surface area contributed by atoms with E-state index in [1.165, 1.54) is 0 Å². The van der Waals surface area contributed by atoms with Crippen molar-refractivity contribution in [2.75, 3.05) is 13.1 Å². The summed E-state index contributed by atoms with van der Waals surface area (Å²) in [6, 6.07) is 11.8. The molecule has 4 atom stereocenters. The molecule has 258 valence electrons. The average molecular weight is 664 g/mol. The molecule has 0 fully saturated rings. The van der Waals surface area contributed by atoms with Gasteiger partial charge >= 0.3 is 5.97 Å². The molecule has 16 heteroatoms. The van der Waals surface area contributed by atoms with Gasteiger partial charge in [0.25, 0.3) is 0 Å². The average Bonchev–Trinajstić information content (AvgIpc) is 3.46. The molecule has 0 saturated carbocycles. The molecule has 4 unspecified atom stereocenters. The number of H-pyrrole nitrogens is 1. The van der Waals surface area contributed by atoms with Crippen molar-refractivity contribution >= 4 is 46.5 Å². The Hall–Kier alpha value is -5.64. The first-order valence-electron chi connectivity index (χ1n) is 15.5. The number of carbonyl (C=O) groups is 4. The van der Waals surface area contributed by atoms with E-state index >= 15 is 0 Å². The Balaban J connectivity index is 1.76. The maximum absolute atomic E-state index is 13.7. The maximum Gasteiger partial charge on any atom is 0.326 e. The van der Waals surface area contributed by atoms with Gasteiger partial charge in [-0.3, -0.25) is 24.4 Å². The highest BCUT2D eigenvalue weighted by Gasteiger charge is 2.30. The van der Waals surface area contributed by atoms with Crippen LogP contribution in [0.5, 0.6) is 0 Å². The van der Waals surface area contributed by atoms with Crippen molar-refractivity contribution in [1.82, 2.24) is 20.9 Å². The van der Waals surface area contributed by atoms with Crippen LogP contribution < -0.4 is 44.6 Å². The molecule has 2 aromatic carbocycles. The lowest BCUT2D eigenvalue weighted by Crippen LogP contribution is -2.57. The Morgan fingerprint density at radius 1 is 0.708 bits per heavy atom. The van der Waals surface area contributed by atoms with Crippen LogP contribution in [-0.2, 0) is 32.0 Å². The monoisotopic (exact) mass is 663 g/mol. The minimum Gasteiger partial charge on any atom is -0.480 e. The fourth-order valence-electron chi connectivity index (χ4n) is 5.05. The number of carboxylic acid groups (broad SMARTS) is 1. The summed E-state index contributed by atoms with van der Waals surface area (Å²) in [5.41, 5.74) is 30.4. The zero-order valence-corrected chi connectivity index (χ0v) is 26.6. The summed E-state index contributed by atoms with van der Waals surface area (Å²) in [6.07, 6.45) is 2.78. The molecule has 0 radical (unpaired) electrons. The summed E-state index contributed by atoms with van der Waals surface area (Å²) in [7, 11) is 0. The molecular weight excluding hydrogens is 618 g/mol. The minimum atomic E-state index is -1.27. The van der Waals surface area contributed by atoms with Crippen LogP contribution >= 0.6 is 0 Å². The van der Waals surface area contributed by atoms with E-state index in [1.54, 1.807) is 36.5 Å². The number of aliphatic imine (C=N–C) groups is 2. The number of carbonyl (C=O) groups excluding carboxylic acids is 3. The molecule has 0 aliphatic heterocycles. The minimum absolute atomic E-state index is 0.0222. The van der Waals surface area contributed by atoms with Crippen molar-refractivity contribution in [3.63, 3.8) is 0 Å². The van der Waals surface area contributed by atoms with E-state index in [2.05, 4.69) is 30.9 Å². The number of nitrogens with two attached hydrogens (primary N) is 5. The van der Waals surface area contributed by atoms with Gasteiger partial charge < -0.3 is 54.7 Å². The number of guanidine groups is 2. The van der Waals surface area contributed by atoms with Gasteiger partial charge in [0.2, 0.25) is 17.7 Å². The van der Waals surface area contributed by atoms with Gasteiger partial charge in [-0.25, -0.2) is 4.79 Å². The number of hydrogen-bond acceptors (Lipinski definition) is 7. The number of aliphatic carboxylic acids is 1. The number of fused-ring (bicyclic) bond motifs is 1. The fourth-order valence-corrected chi connectivity index (χ4v) is 5.05. The molecule has 3 aromatic rings. The lowest BCUT2D eigenvalue weighted by molar-refractivity contribution is -0.142. The number of aromatic nitrogens is 1. The van der Waals surface area contributed by atoms with Gasteiger partial charge in [-0.1, -0.05) is 48.5 Å². The first-order valence-corrected chi connectivity index (χ1v) is 15.5. The number of aromatic amines is 1. The third-order valence-corrected chi connectivity index (χ3v) is 7.51. The van der Waals surface area contributed by atoms with E-state index in [0.717, 1.165) is 16.5 Å². The number of nitrogens with one attached hydrogen (secondary N) is 4. The van der Waals surface area contributed by atoms with E-state index in [1.807, 2.05) is 24.3 Å². The third-order valence-electron chi connectivity index (χ3n) is 7.51. The lowest BCUT2D eigenvalue weighted by atomic mass is 10.0. The Morgan fingerprint density at radius 2 is 1.23 bits per heavy atom. The molecule has 48 heavy (non-hydrogen) atoms. The van der Waals surface area contributed by atoms with Crippen molar-refractivity contribution in [3.05, 3.63) is 71.9 Å². The van der Waals surface area contributed by atoms with Gasteiger partial charge in [-0.2, -0.15) is 0 Å². The second-order valence-electron chi connectivity index (χ2n) is 11.3. The van der Waals surface area contributed by atoms with Crippen molar-refractivity contribution in [2.45, 2.75) is 62.7 Å². The van der Waals surface area contributed by atoms with Crippen molar-refractivity contribution < 1.29 is 24.3 Å². The molecule has 0 spiro atoms. The summed E-state index contributed by atoms with van der Waals surface area (Å²) in [5, 5.41) is 18.7. The van der Waals surface area contributed by atoms with E-state index in [9.17, 15) is 24.3 Å². The molecule has 0 aliphatic rings. The van der Waals surface area contributed by atoms with Gasteiger partial charge in [0.15, 0.2) is 11.9 Å². The Bertz CT molecular complexity index is 1580. The van der Waals surface area contributed by atoms with Gasteiger partial charge in [-0.15, -0.1) is 0 Å². The number of para-hydroxylation sites is 1. The van der Waals surface area contributed by atoms with Crippen LogP contribution in [0.15, 0.2) is 70.8 Å². The van der Waals surface area contributed by atoms with Crippen molar-refractivity contribution in [1.29, 1.82) is 0 Å². The van der Waals surface area contributed by atoms with Gasteiger partial charge in [0.05, 0.1) is 6.04 Å².